The van der Waals surface area contributed by atoms with Gasteiger partial charge in [-0.3, -0.25) is 0 Å². The zero-order chi connectivity index (χ0) is 14.4. The summed E-state index contributed by atoms with van der Waals surface area (Å²) in [7, 11) is 1.92. The smallest absolute Gasteiger partial charge is 0.0829 e. The lowest BCUT2D eigenvalue weighted by molar-refractivity contribution is -0.0800. The summed E-state index contributed by atoms with van der Waals surface area (Å²) in [5, 5.41) is 0. The first kappa shape index (κ1) is 16.3. The number of methoxy groups -OCH3 is 1. The van der Waals surface area contributed by atoms with E-state index in [1.54, 1.807) is 0 Å². The Balaban J connectivity index is 1.80. The summed E-state index contributed by atoms with van der Waals surface area (Å²) in [5.74, 6) is 0.969. The van der Waals surface area contributed by atoms with E-state index < -0.39 is 0 Å². The van der Waals surface area contributed by atoms with Gasteiger partial charge in [-0.25, -0.2) is 0 Å². The Hall–Kier alpha value is -0.120. The van der Waals surface area contributed by atoms with Gasteiger partial charge >= 0.3 is 0 Å². The molecule has 2 saturated heterocycles. The number of likely N-dealkylation sites (tertiary alicyclic amines) is 2. The molecule has 2 heterocycles. The molecule has 0 amide bonds. The molecule has 0 atom stereocenters. The lowest BCUT2D eigenvalue weighted by atomic mass is 9.88. The Morgan fingerprint density at radius 3 is 2.15 bits per heavy atom. The van der Waals surface area contributed by atoms with E-state index in [-0.39, 0.29) is 5.60 Å². The maximum atomic E-state index is 5.99. The monoisotopic (exact) mass is 282 g/mol. The highest BCUT2D eigenvalue weighted by Gasteiger charge is 2.36. The van der Waals surface area contributed by atoms with Crippen molar-refractivity contribution < 1.29 is 4.74 Å². The summed E-state index contributed by atoms with van der Waals surface area (Å²) < 4.78 is 5.99. The van der Waals surface area contributed by atoms with Crippen LogP contribution in [0.15, 0.2) is 0 Å². The van der Waals surface area contributed by atoms with Crippen molar-refractivity contribution in [3.8, 4) is 0 Å². The van der Waals surface area contributed by atoms with Gasteiger partial charge in [0.15, 0.2) is 0 Å². The van der Waals surface area contributed by atoms with E-state index in [9.17, 15) is 0 Å². The summed E-state index contributed by atoms with van der Waals surface area (Å²) in [5.41, 5.74) is 0.128. The molecular weight excluding hydrogens is 248 g/mol. The van der Waals surface area contributed by atoms with Crippen LogP contribution in [0.4, 0.5) is 0 Å². The predicted molar refractivity (Wildman–Crippen MR) is 85.2 cm³/mol. The maximum absolute atomic E-state index is 5.99. The van der Waals surface area contributed by atoms with Crippen LogP contribution in [-0.4, -0.2) is 61.8 Å². The zero-order valence-corrected chi connectivity index (χ0v) is 13.9. The molecule has 0 spiro atoms. The van der Waals surface area contributed by atoms with E-state index >= 15 is 0 Å². The first-order valence-corrected chi connectivity index (χ1v) is 8.71. The van der Waals surface area contributed by atoms with Crippen LogP contribution in [0, 0.1) is 5.92 Å². The van der Waals surface area contributed by atoms with E-state index in [2.05, 4.69) is 23.6 Å². The molecule has 0 aromatic carbocycles. The second-order valence-corrected chi connectivity index (χ2v) is 6.86. The standard InChI is InChI=1S/C17H34N2O/c1-4-10-18-13-8-17(20-3,9-14-18)15-19-11-6-16(5-2)7-12-19/h16H,4-15H2,1-3H3. The first-order valence-electron chi connectivity index (χ1n) is 8.71. The van der Waals surface area contributed by atoms with Gasteiger partial charge in [0.05, 0.1) is 5.60 Å². The van der Waals surface area contributed by atoms with Gasteiger partial charge < -0.3 is 14.5 Å². The van der Waals surface area contributed by atoms with Gasteiger partial charge in [-0.2, -0.15) is 0 Å². The zero-order valence-electron chi connectivity index (χ0n) is 13.9. The highest BCUT2D eigenvalue weighted by atomic mass is 16.5. The van der Waals surface area contributed by atoms with Crippen molar-refractivity contribution in [1.29, 1.82) is 0 Å². The van der Waals surface area contributed by atoms with Crippen molar-refractivity contribution in [2.75, 3.05) is 46.4 Å². The Morgan fingerprint density at radius 2 is 1.65 bits per heavy atom. The Morgan fingerprint density at radius 1 is 1.00 bits per heavy atom. The second kappa shape index (κ2) is 7.77. The first-order chi connectivity index (χ1) is 9.71. The molecule has 20 heavy (non-hydrogen) atoms. The van der Waals surface area contributed by atoms with Gasteiger partial charge in [0, 0.05) is 26.7 Å². The summed E-state index contributed by atoms with van der Waals surface area (Å²) in [6, 6.07) is 0. The molecule has 0 bridgehead atoms. The molecule has 0 unspecified atom stereocenters. The Labute approximate surface area is 125 Å². The molecule has 2 fully saturated rings. The third-order valence-electron chi connectivity index (χ3n) is 5.54. The lowest BCUT2D eigenvalue weighted by Crippen LogP contribution is -2.53. The highest BCUT2D eigenvalue weighted by molar-refractivity contribution is 4.91. The quantitative estimate of drug-likeness (QED) is 0.745. The lowest BCUT2D eigenvalue weighted by Gasteiger charge is -2.44. The molecule has 3 nitrogen and oxygen atoms in total. The van der Waals surface area contributed by atoms with Crippen molar-refractivity contribution in [2.45, 2.75) is 58.0 Å². The topological polar surface area (TPSA) is 15.7 Å². The molecule has 0 aromatic heterocycles. The van der Waals surface area contributed by atoms with Crippen LogP contribution in [0.3, 0.4) is 0 Å². The number of hydrogen-bond acceptors (Lipinski definition) is 3. The van der Waals surface area contributed by atoms with Crippen LogP contribution in [0.2, 0.25) is 0 Å². The molecule has 118 valence electrons. The van der Waals surface area contributed by atoms with E-state index in [1.807, 2.05) is 7.11 Å². The van der Waals surface area contributed by atoms with Gasteiger partial charge in [0.25, 0.3) is 0 Å². The van der Waals surface area contributed by atoms with Crippen molar-refractivity contribution in [1.82, 2.24) is 9.80 Å². The number of hydrogen-bond donors (Lipinski definition) is 0. The van der Waals surface area contributed by atoms with Crippen molar-refractivity contribution >= 4 is 0 Å². The number of nitrogens with zero attached hydrogens (tertiary/aromatic N) is 2. The minimum atomic E-state index is 0.128. The molecule has 0 saturated carbocycles. The van der Waals surface area contributed by atoms with Gasteiger partial charge in [-0.1, -0.05) is 20.3 Å². The van der Waals surface area contributed by atoms with Crippen molar-refractivity contribution in [3.05, 3.63) is 0 Å². The third kappa shape index (κ3) is 4.19. The van der Waals surface area contributed by atoms with Gasteiger partial charge in [0.1, 0.15) is 0 Å². The summed E-state index contributed by atoms with van der Waals surface area (Å²) >= 11 is 0. The van der Waals surface area contributed by atoms with E-state index in [1.165, 1.54) is 71.2 Å². The molecule has 2 aliphatic rings. The average molecular weight is 282 g/mol. The normalized spacial score (nSPS) is 25.9. The predicted octanol–water partition coefficient (Wildman–Crippen LogP) is 3.00. The second-order valence-electron chi connectivity index (χ2n) is 6.86. The van der Waals surface area contributed by atoms with Crippen LogP contribution in [0.1, 0.15) is 52.4 Å². The Kier molecular flexibility index (Phi) is 6.31. The van der Waals surface area contributed by atoms with E-state index in [4.69, 9.17) is 4.74 Å². The fraction of sp³-hybridized carbons (Fsp3) is 1.00. The minimum Gasteiger partial charge on any atom is -0.377 e. The summed E-state index contributed by atoms with van der Waals surface area (Å²) in [6.45, 7) is 12.0. The van der Waals surface area contributed by atoms with Gasteiger partial charge in [0.2, 0.25) is 0 Å². The number of piperidine rings is 2. The summed E-state index contributed by atoms with van der Waals surface area (Å²) in [4.78, 5) is 5.26. The average Bonchev–Trinajstić information content (AvgIpc) is 2.50. The molecular formula is C17H34N2O. The van der Waals surface area contributed by atoms with Gasteiger partial charge in [-0.15, -0.1) is 0 Å². The molecule has 2 rings (SSSR count). The highest BCUT2D eigenvalue weighted by Crippen LogP contribution is 2.29. The molecule has 0 N–H and O–H groups in total. The largest absolute Gasteiger partial charge is 0.377 e. The fourth-order valence-electron chi connectivity index (χ4n) is 3.89. The van der Waals surface area contributed by atoms with E-state index in [0.717, 1.165) is 12.5 Å². The van der Waals surface area contributed by atoms with Gasteiger partial charge in [-0.05, 0) is 57.7 Å². The molecule has 0 aromatic rings. The molecule has 3 heteroatoms. The minimum absolute atomic E-state index is 0.128. The summed E-state index contributed by atoms with van der Waals surface area (Å²) in [6.07, 6.45) is 7.81. The Bertz CT molecular complexity index is 266. The van der Waals surface area contributed by atoms with Crippen LogP contribution in [0.25, 0.3) is 0 Å². The molecule has 0 radical (unpaired) electrons. The molecule has 0 aliphatic carbocycles. The maximum Gasteiger partial charge on any atom is 0.0829 e. The van der Waals surface area contributed by atoms with E-state index in [0.29, 0.717) is 0 Å². The number of ether oxygens (including phenoxy) is 1. The fourth-order valence-corrected chi connectivity index (χ4v) is 3.89. The van der Waals surface area contributed by atoms with Crippen LogP contribution in [-0.2, 0) is 4.74 Å². The van der Waals surface area contributed by atoms with Crippen molar-refractivity contribution in [2.24, 2.45) is 5.92 Å². The third-order valence-corrected chi connectivity index (χ3v) is 5.54. The van der Waals surface area contributed by atoms with Crippen LogP contribution < -0.4 is 0 Å². The SMILES string of the molecule is CCCN1CCC(CN2CCC(CC)CC2)(OC)CC1. The van der Waals surface area contributed by atoms with Crippen LogP contribution >= 0.6 is 0 Å². The molecule has 2 aliphatic heterocycles. The van der Waals surface area contributed by atoms with Crippen LogP contribution in [0.5, 0.6) is 0 Å². The van der Waals surface area contributed by atoms with Crippen molar-refractivity contribution in [3.63, 3.8) is 0 Å². The number of rotatable bonds is 6.